The van der Waals surface area contributed by atoms with Crippen LogP contribution in [0.15, 0.2) is 18.2 Å². The van der Waals surface area contributed by atoms with Crippen LogP contribution in [0.25, 0.3) is 0 Å². The van der Waals surface area contributed by atoms with Gasteiger partial charge in [0, 0.05) is 12.2 Å². The summed E-state index contributed by atoms with van der Waals surface area (Å²) in [4.78, 5) is 13.2. The minimum absolute atomic E-state index is 0.0398. The Morgan fingerprint density at radius 3 is 3.00 bits per heavy atom. The Hall–Kier alpha value is -1.39. The van der Waals surface area contributed by atoms with E-state index in [4.69, 9.17) is 10.8 Å². The van der Waals surface area contributed by atoms with Gasteiger partial charge in [0.25, 0.3) is 0 Å². The number of rotatable bonds is 2. The van der Waals surface area contributed by atoms with Crippen molar-refractivity contribution in [2.45, 2.75) is 13.0 Å². The van der Waals surface area contributed by atoms with Crippen molar-refractivity contribution >= 4 is 11.6 Å². The molecule has 1 amide bonds. The lowest BCUT2D eigenvalue weighted by Gasteiger charge is -2.16. The maximum Gasteiger partial charge on any atom is 0.240 e. The van der Waals surface area contributed by atoms with Gasteiger partial charge >= 0.3 is 0 Å². The number of amides is 1. The maximum absolute atomic E-state index is 11.5. The summed E-state index contributed by atoms with van der Waals surface area (Å²) in [5.41, 5.74) is 8.27. The molecule has 1 heterocycles. The molecule has 0 saturated carbocycles. The van der Waals surface area contributed by atoms with Gasteiger partial charge in [0.15, 0.2) is 0 Å². The SMILES string of the molecule is NCC(=O)N1CCc2cc(CO)ccc21. The molecule has 15 heavy (non-hydrogen) atoms. The summed E-state index contributed by atoms with van der Waals surface area (Å²) in [6.07, 6.45) is 0.842. The van der Waals surface area contributed by atoms with E-state index in [0.717, 1.165) is 23.2 Å². The van der Waals surface area contributed by atoms with Gasteiger partial charge in [-0.15, -0.1) is 0 Å². The predicted molar refractivity (Wildman–Crippen MR) is 57.5 cm³/mol. The molecule has 1 aliphatic rings. The summed E-state index contributed by atoms with van der Waals surface area (Å²) in [5.74, 6) is -0.0505. The summed E-state index contributed by atoms with van der Waals surface area (Å²) in [6.45, 7) is 0.777. The van der Waals surface area contributed by atoms with Gasteiger partial charge in [-0.2, -0.15) is 0 Å². The second-order valence-electron chi connectivity index (χ2n) is 3.62. The molecule has 2 rings (SSSR count). The van der Waals surface area contributed by atoms with E-state index in [-0.39, 0.29) is 19.1 Å². The number of carbonyl (C=O) groups is 1. The van der Waals surface area contributed by atoms with E-state index in [1.165, 1.54) is 0 Å². The summed E-state index contributed by atoms with van der Waals surface area (Å²) in [5, 5.41) is 8.99. The van der Waals surface area contributed by atoms with Gasteiger partial charge in [0.1, 0.15) is 0 Å². The van der Waals surface area contributed by atoms with Crippen LogP contribution in [-0.4, -0.2) is 24.1 Å². The Kier molecular flexibility index (Phi) is 2.70. The maximum atomic E-state index is 11.5. The number of benzene rings is 1. The van der Waals surface area contributed by atoms with Gasteiger partial charge in [-0.05, 0) is 23.6 Å². The van der Waals surface area contributed by atoms with Crippen LogP contribution >= 0.6 is 0 Å². The van der Waals surface area contributed by atoms with E-state index >= 15 is 0 Å². The van der Waals surface area contributed by atoms with Gasteiger partial charge in [0.05, 0.1) is 13.2 Å². The van der Waals surface area contributed by atoms with Crippen LogP contribution in [0.2, 0.25) is 0 Å². The first-order chi connectivity index (χ1) is 7.26. The third-order valence-electron chi connectivity index (χ3n) is 2.70. The number of hydrogen-bond donors (Lipinski definition) is 2. The molecule has 0 fully saturated rings. The highest BCUT2D eigenvalue weighted by molar-refractivity contribution is 5.96. The van der Waals surface area contributed by atoms with E-state index in [0.29, 0.717) is 6.54 Å². The van der Waals surface area contributed by atoms with E-state index in [1.807, 2.05) is 18.2 Å². The molecule has 0 radical (unpaired) electrons. The Morgan fingerprint density at radius 1 is 1.53 bits per heavy atom. The minimum atomic E-state index is -0.0505. The smallest absolute Gasteiger partial charge is 0.240 e. The molecule has 0 bridgehead atoms. The number of carbonyl (C=O) groups excluding carboxylic acids is 1. The van der Waals surface area contributed by atoms with Crippen LogP contribution in [0.5, 0.6) is 0 Å². The van der Waals surface area contributed by atoms with Crippen molar-refractivity contribution in [2.75, 3.05) is 18.0 Å². The first kappa shape index (κ1) is 10.1. The monoisotopic (exact) mass is 206 g/mol. The van der Waals surface area contributed by atoms with Crippen LogP contribution < -0.4 is 10.6 Å². The van der Waals surface area contributed by atoms with Crippen molar-refractivity contribution in [1.82, 2.24) is 0 Å². The number of nitrogens with two attached hydrogens (primary N) is 1. The van der Waals surface area contributed by atoms with Crippen molar-refractivity contribution in [1.29, 1.82) is 0 Å². The van der Waals surface area contributed by atoms with E-state index in [1.54, 1.807) is 4.90 Å². The van der Waals surface area contributed by atoms with Crippen LogP contribution in [0.1, 0.15) is 11.1 Å². The number of aliphatic hydroxyl groups is 1. The standard InChI is InChI=1S/C11H14N2O2/c12-6-11(15)13-4-3-9-5-8(7-14)1-2-10(9)13/h1-2,5,14H,3-4,6-7,12H2. The molecule has 0 aliphatic carbocycles. The largest absolute Gasteiger partial charge is 0.392 e. The second kappa shape index (κ2) is 4.00. The molecule has 0 atom stereocenters. The molecule has 0 saturated heterocycles. The normalized spacial score (nSPS) is 14.1. The van der Waals surface area contributed by atoms with Crippen LogP contribution in [-0.2, 0) is 17.8 Å². The molecule has 1 aliphatic heterocycles. The van der Waals surface area contributed by atoms with E-state index in [2.05, 4.69) is 0 Å². The summed E-state index contributed by atoms with van der Waals surface area (Å²) < 4.78 is 0. The fraction of sp³-hybridized carbons (Fsp3) is 0.364. The molecule has 1 aromatic carbocycles. The van der Waals surface area contributed by atoms with Gasteiger partial charge in [-0.25, -0.2) is 0 Å². The molecule has 1 aromatic rings. The van der Waals surface area contributed by atoms with Crippen molar-refractivity contribution in [3.63, 3.8) is 0 Å². The van der Waals surface area contributed by atoms with Gasteiger partial charge in [0.2, 0.25) is 5.91 Å². The Labute approximate surface area is 88.3 Å². The first-order valence-corrected chi connectivity index (χ1v) is 4.99. The number of fused-ring (bicyclic) bond motifs is 1. The quantitative estimate of drug-likeness (QED) is 0.717. The summed E-state index contributed by atoms with van der Waals surface area (Å²) >= 11 is 0. The first-order valence-electron chi connectivity index (χ1n) is 4.99. The molecular formula is C11H14N2O2. The lowest BCUT2D eigenvalue weighted by Crippen LogP contribution is -2.34. The number of anilines is 1. The lowest BCUT2D eigenvalue weighted by molar-refractivity contribution is -0.117. The fourth-order valence-corrected chi connectivity index (χ4v) is 1.92. The second-order valence-corrected chi connectivity index (χ2v) is 3.62. The van der Waals surface area contributed by atoms with E-state index < -0.39 is 0 Å². The van der Waals surface area contributed by atoms with Gasteiger partial charge in [-0.1, -0.05) is 12.1 Å². The summed E-state index contributed by atoms with van der Waals surface area (Å²) in [6, 6.07) is 5.65. The zero-order valence-corrected chi connectivity index (χ0v) is 8.44. The topological polar surface area (TPSA) is 66.6 Å². The number of nitrogens with zero attached hydrogens (tertiary/aromatic N) is 1. The molecule has 0 spiro atoms. The zero-order valence-electron chi connectivity index (χ0n) is 8.44. The van der Waals surface area contributed by atoms with Crippen molar-refractivity contribution < 1.29 is 9.90 Å². The third kappa shape index (κ3) is 1.73. The highest BCUT2D eigenvalue weighted by Crippen LogP contribution is 2.28. The molecule has 4 nitrogen and oxygen atoms in total. The van der Waals surface area contributed by atoms with E-state index in [9.17, 15) is 4.79 Å². The fourth-order valence-electron chi connectivity index (χ4n) is 1.92. The van der Waals surface area contributed by atoms with Crippen molar-refractivity contribution in [3.05, 3.63) is 29.3 Å². The van der Waals surface area contributed by atoms with Gasteiger partial charge < -0.3 is 15.7 Å². The Bertz CT molecular complexity index is 390. The highest BCUT2D eigenvalue weighted by Gasteiger charge is 2.23. The lowest BCUT2D eigenvalue weighted by atomic mass is 10.1. The summed E-state index contributed by atoms with van der Waals surface area (Å²) in [7, 11) is 0. The average Bonchev–Trinajstić information content (AvgIpc) is 2.70. The highest BCUT2D eigenvalue weighted by atomic mass is 16.3. The van der Waals surface area contributed by atoms with Gasteiger partial charge in [-0.3, -0.25) is 4.79 Å². The average molecular weight is 206 g/mol. The predicted octanol–water partition coefficient (Wildman–Crippen LogP) is 0.0267. The minimum Gasteiger partial charge on any atom is -0.392 e. The molecule has 0 unspecified atom stereocenters. The van der Waals surface area contributed by atoms with Crippen molar-refractivity contribution in [2.24, 2.45) is 5.73 Å². The van der Waals surface area contributed by atoms with Crippen LogP contribution in [0.4, 0.5) is 5.69 Å². The molecule has 4 heteroatoms. The number of hydrogen-bond acceptors (Lipinski definition) is 3. The van der Waals surface area contributed by atoms with Crippen LogP contribution in [0, 0.1) is 0 Å². The van der Waals surface area contributed by atoms with Crippen LogP contribution in [0.3, 0.4) is 0 Å². The molecule has 3 N–H and O–H groups in total. The third-order valence-corrected chi connectivity index (χ3v) is 2.70. The molecule has 0 aromatic heterocycles. The van der Waals surface area contributed by atoms with Crippen molar-refractivity contribution in [3.8, 4) is 0 Å². The Balaban J connectivity index is 2.32. The molecule has 80 valence electrons. The number of aliphatic hydroxyl groups excluding tert-OH is 1. The zero-order chi connectivity index (χ0) is 10.8. The molecular weight excluding hydrogens is 192 g/mol. The Morgan fingerprint density at radius 2 is 2.33 bits per heavy atom.